The van der Waals surface area contributed by atoms with E-state index < -0.39 is 15.4 Å². The summed E-state index contributed by atoms with van der Waals surface area (Å²) in [4.78, 5) is 22.2. The largest absolute Gasteiger partial charge is 0.444 e. The number of carbonyl (C=O) groups is 1. The van der Waals surface area contributed by atoms with Gasteiger partial charge >= 0.3 is 6.09 Å². The van der Waals surface area contributed by atoms with Gasteiger partial charge in [0.1, 0.15) is 16.3 Å². The summed E-state index contributed by atoms with van der Waals surface area (Å²) < 4.78 is 28.2. The molecule has 1 amide bonds. The zero-order chi connectivity index (χ0) is 17.3. The molecule has 8 heteroatoms. The smallest absolute Gasteiger partial charge is 0.410 e. The maximum absolute atomic E-state index is 12.0. The molecule has 1 fully saturated rings. The molecular weight excluding hydrogens is 318 g/mol. The van der Waals surface area contributed by atoms with Crippen LogP contribution < -0.4 is 0 Å². The number of hydrogen-bond acceptors (Lipinski definition) is 6. The summed E-state index contributed by atoms with van der Waals surface area (Å²) in [5.41, 5.74) is -0.501. The van der Waals surface area contributed by atoms with Crippen LogP contribution >= 0.6 is 0 Å². The molecule has 0 aromatic carbocycles. The molecule has 1 aliphatic heterocycles. The lowest BCUT2D eigenvalue weighted by atomic mass is 9.96. The highest BCUT2D eigenvalue weighted by atomic mass is 32.2. The van der Waals surface area contributed by atoms with Gasteiger partial charge < -0.3 is 9.64 Å². The van der Waals surface area contributed by atoms with Crippen molar-refractivity contribution in [3.8, 4) is 0 Å². The molecule has 0 saturated carbocycles. The van der Waals surface area contributed by atoms with Gasteiger partial charge in [0.2, 0.25) is 0 Å². The summed E-state index contributed by atoms with van der Waals surface area (Å²) >= 11 is 0. The van der Waals surface area contributed by atoms with Crippen LogP contribution in [0.3, 0.4) is 0 Å². The van der Waals surface area contributed by atoms with E-state index in [1.165, 1.54) is 12.4 Å². The number of hydrogen-bond donors (Lipinski definition) is 0. The van der Waals surface area contributed by atoms with Crippen molar-refractivity contribution in [1.29, 1.82) is 0 Å². The number of carbonyl (C=O) groups excluding carboxylic acids is 1. The Morgan fingerprint density at radius 2 is 1.74 bits per heavy atom. The predicted molar refractivity (Wildman–Crippen MR) is 84.9 cm³/mol. The Bertz CT molecular complexity index is 657. The van der Waals surface area contributed by atoms with Gasteiger partial charge in [-0.05, 0) is 33.6 Å². The SMILES string of the molecule is CC(C)(C)OC(=O)N1CCC(c2ncc(S(C)(=O)=O)cn2)CC1. The Labute approximate surface area is 137 Å². The van der Waals surface area contributed by atoms with Crippen molar-refractivity contribution in [3.05, 3.63) is 18.2 Å². The van der Waals surface area contributed by atoms with Crippen LogP contribution in [0.15, 0.2) is 17.3 Å². The number of sulfone groups is 1. The highest BCUT2D eigenvalue weighted by Gasteiger charge is 2.28. The first-order valence-corrected chi connectivity index (χ1v) is 9.45. The lowest BCUT2D eigenvalue weighted by Crippen LogP contribution is -2.41. The molecule has 0 radical (unpaired) electrons. The molecule has 2 heterocycles. The Balaban J connectivity index is 1.95. The first-order valence-electron chi connectivity index (χ1n) is 7.56. The maximum atomic E-state index is 12.0. The second-order valence-electron chi connectivity index (χ2n) is 6.79. The minimum absolute atomic E-state index is 0.118. The lowest BCUT2D eigenvalue weighted by Gasteiger charge is -2.32. The zero-order valence-corrected chi connectivity index (χ0v) is 14.8. The Kier molecular flexibility index (Phi) is 4.93. The van der Waals surface area contributed by atoms with Gasteiger partial charge in [0.15, 0.2) is 9.84 Å². The van der Waals surface area contributed by atoms with Gasteiger partial charge in [0, 0.05) is 37.7 Å². The van der Waals surface area contributed by atoms with Gasteiger partial charge in [0.25, 0.3) is 0 Å². The molecule has 128 valence electrons. The second kappa shape index (κ2) is 6.43. The topological polar surface area (TPSA) is 89.5 Å². The van der Waals surface area contributed by atoms with Gasteiger partial charge in [0.05, 0.1) is 0 Å². The van der Waals surface area contributed by atoms with E-state index in [0.29, 0.717) is 18.9 Å². The third kappa shape index (κ3) is 4.89. The fourth-order valence-electron chi connectivity index (χ4n) is 2.38. The molecule has 0 N–H and O–H groups in total. The minimum Gasteiger partial charge on any atom is -0.444 e. The van der Waals surface area contributed by atoms with Crippen LogP contribution in [0.25, 0.3) is 0 Å². The van der Waals surface area contributed by atoms with Crippen molar-refractivity contribution in [2.24, 2.45) is 0 Å². The Hall–Kier alpha value is -1.70. The number of piperidine rings is 1. The first kappa shape index (κ1) is 17.7. The van der Waals surface area contributed by atoms with E-state index in [1.807, 2.05) is 20.8 Å². The quantitative estimate of drug-likeness (QED) is 0.817. The summed E-state index contributed by atoms with van der Waals surface area (Å²) in [7, 11) is -3.28. The van der Waals surface area contributed by atoms with Crippen molar-refractivity contribution in [2.45, 2.75) is 50.0 Å². The first-order chi connectivity index (χ1) is 10.6. The number of nitrogens with zero attached hydrogens (tertiary/aromatic N) is 3. The molecule has 1 aromatic rings. The molecule has 0 atom stereocenters. The molecule has 2 rings (SSSR count). The Morgan fingerprint density at radius 3 is 2.17 bits per heavy atom. The van der Waals surface area contributed by atoms with E-state index in [9.17, 15) is 13.2 Å². The van der Waals surface area contributed by atoms with Gasteiger partial charge in [-0.15, -0.1) is 0 Å². The summed E-state index contributed by atoms with van der Waals surface area (Å²) in [6.07, 6.45) is 4.99. The predicted octanol–water partition coefficient (Wildman–Crippen LogP) is 1.99. The van der Waals surface area contributed by atoms with Crippen LogP contribution in [0.2, 0.25) is 0 Å². The zero-order valence-electron chi connectivity index (χ0n) is 13.9. The normalized spacial score (nSPS) is 17.1. The molecule has 23 heavy (non-hydrogen) atoms. The fraction of sp³-hybridized carbons (Fsp3) is 0.667. The van der Waals surface area contributed by atoms with Crippen LogP contribution in [0.1, 0.15) is 45.4 Å². The standard InChI is InChI=1S/C15H23N3O4S/c1-15(2,3)22-14(19)18-7-5-11(6-8-18)13-16-9-12(10-17-13)23(4,20)21/h9-11H,5-8H2,1-4H3. The Morgan fingerprint density at radius 1 is 1.22 bits per heavy atom. The number of ether oxygens (including phenoxy) is 1. The number of aromatic nitrogens is 2. The average molecular weight is 341 g/mol. The van der Waals surface area contributed by atoms with Crippen molar-refractivity contribution in [3.63, 3.8) is 0 Å². The molecule has 1 aromatic heterocycles. The van der Waals surface area contributed by atoms with E-state index in [1.54, 1.807) is 4.90 Å². The van der Waals surface area contributed by atoms with E-state index in [-0.39, 0.29) is 16.9 Å². The summed E-state index contributed by atoms with van der Waals surface area (Å²) in [6, 6.07) is 0. The van der Waals surface area contributed by atoms with Crippen molar-refractivity contribution in [1.82, 2.24) is 14.9 Å². The number of rotatable bonds is 2. The maximum Gasteiger partial charge on any atom is 0.410 e. The summed E-state index contributed by atoms with van der Waals surface area (Å²) in [5, 5.41) is 0. The molecule has 1 aliphatic rings. The van der Waals surface area contributed by atoms with Crippen molar-refractivity contribution < 1.29 is 17.9 Å². The van der Waals surface area contributed by atoms with E-state index in [2.05, 4.69) is 9.97 Å². The molecular formula is C15H23N3O4S. The minimum atomic E-state index is -3.28. The number of amides is 1. The third-order valence-electron chi connectivity index (χ3n) is 3.59. The molecule has 1 saturated heterocycles. The molecule has 0 bridgehead atoms. The van der Waals surface area contributed by atoms with E-state index in [4.69, 9.17) is 4.74 Å². The molecule has 0 spiro atoms. The molecule has 0 aliphatic carbocycles. The van der Waals surface area contributed by atoms with Gasteiger partial charge in [-0.2, -0.15) is 0 Å². The van der Waals surface area contributed by atoms with Crippen molar-refractivity contribution >= 4 is 15.9 Å². The van der Waals surface area contributed by atoms with Gasteiger partial charge in [-0.1, -0.05) is 0 Å². The van der Waals surface area contributed by atoms with Crippen LogP contribution in [-0.2, 0) is 14.6 Å². The van der Waals surface area contributed by atoms with Crippen LogP contribution in [0.5, 0.6) is 0 Å². The fourth-order valence-corrected chi connectivity index (χ4v) is 2.86. The molecule has 7 nitrogen and oxygen atoms in total. The molecule has 0 unspecified atom stereocenters. The van der Waals surface area contributed by atoms with Gasteiger partial charge in [-0.3, -0.25) is 0 Å². The highest BCUT2D eigenvalue weighted by molar-refractivity contribution is 7.90. The van der Waals surface area contributed by atoms with E-state index >= 15 is 0 Å². The van der Waals surface area contributed by atoms with Crippen molar-refractivity contribution in [2.75, 3.05) is 19.3 Å². The third-order valence-corrected chi connectivity index (χ3v) is 4.66. The van der Waals surface area contributed by atoms with Crippen LogP contribution in [-0.4, -0.2) is 54.3 Å². The average Bonchev–Trinajstić information content (AvgIpc) is 2.45. The number of likely N-dealkylation sites (tertiary alicyclic amines) is 1. The van der Waals surface area contributed by atoms with E-state index in [0.717, 1.165) is 19.1 Å². The highest BCUT2D eigenvalue weighted by Crippen LogP contribution is 2.26. The second-order valence-corrected chi connectivity index (χ2v) is 8.81. The monoisotopic (exact) mass is 341 g/mol. The van der Waals surface area contributed by atoms with Crippen LogP contribution in [0.4, 0.5) is 4.79 Å². The van der Waals surface area contributed by atoms with Crippen LogP contribution in [0, 0.1) is 0 Å². The summed E-state index contributed by atoms with van der Waals surface area (Å²) in [6.45, 7) is 6.69. The van der Waals surface area contributed by atoms with Gasteiger partial charge in [-0.25, -0.2) is 23.2 Å². The summed E-state index contributed by atoms with van der Waals surface area (Å²) in [5.74, 6) is 0.753. The lowest BCUT2D eigenvalue weighted by molar-refractivity contribution is 0.0203.